The Morgan fingerprint density at radius 2 is 0.534 bits per heavy atom. The number of hydrogen-bond acceptors (Lipinski definition) is 11. The second-order valence-electron chi connectivity index (χ2n) is 37.7. The third kappa shape index (κ3) is 20.2. The van der Waals surface area contributed by atoms with Crippen LogP contribution in [0.5, 0.6) is 0 Å². The molecule has 0 unspecified atom stereocenters. The van der Waals surface area contributed by atoms with Crippen LogP contribution in [0.4, 0.5) is 57.1 Å². The fraction of sp³-hybridized carbons (Fsp3) is 0.159. The Hall–Kier alpha value is -14.8. The van der Waals surface area contributed by atoms with E-state index in [9.17, 15) is 0 Å². The van der Waals surface area contributed by atoms with Gasteiger partial charge in [0.25, 0.3) is 0 Å². The minimum absolute atomic E-state index is 0. The molecule has 146 heavy (non-hydrogen) atoms. The zero-order valence-electron chi connectivity index (χ0n) is 84.2. The Kier molecular flexibility index (Phi) is 32.1. The molecule has 0 bridgehead atoms. The van der Waals surface area contributed by atoms with Gasteiger partial charge in [0.1, 0.15) is 11.6 Å². The van der Waals surface area contributed by atoms with Gasteiger partial charge in [-0.25, -0.2) is 24.9 Å². The molecule has 0 N–H and O–H groups in total. The number of anilines is 10. The van der Waals surface area contributed by atoms with Gasteiger partial charge in [0.05, 0.1) is 22.7 Å². The van der Waals surface area contributed by atoms with E-state index in [2.05, 4.69) is 432 Å². The third-order valence-electron chi connectivity index (χ3n) is 26.5. The van der Waals surface area contributed by atoms with Crippen molar-refractivity contribution < 1.29 is 60.3 Å². The number of imidazole rings is 3. The van der Waals surface area contributed by atoms with Gasteiger partial charge >= 0.3 is 60.3 Å². The molecule has 0 atom stereocenters. The maximum Gasteiger partial charge on any atom is 3.00 e. The first-order chi connectivity index (χ1) is 69.9. The van der Waals surface area contributed by atoms with Crippen molar-refractivity contribution in [1.82, 2.24) is 52.3 Å². The molecule has 0 aliphatic carbocycles. The zero-order valence-corrected chi connectivity index (χ0v) is 91.4. The summed E-state index contributed by atoms with van der Waals surface area (Å²) >= 11 is 0. The van der Waals surface area contributed by atoms with Gasteiger partial charge in [0.15, 0.2) is 0 Å². The summed E-state index contributed by atoms with van der Waals surface area (Å²) in [6.07, 6.45) is 15.6. The monoisotopic (exact) mass is 2440 g/mol. The topological polar surface area (TPSA) is 113 Å². The molecule has 0 radical (unpaired) electrons. The smallest absolute Gasteiger partial charge is 0.502 e. The van der Waals surface area contributed by atoms with Gasteiger partial charge in [-0.15, -0.1) is 39.9 Å². The predicted molar refractivity (Wildman–Crippen MR) is 590 cm³/mol. The molecule has 14 aromatic carbocycles. The summed E-state index contributed by atoms with van der Waals surface area (Å²) < 4.78 is 13.5. The minimum Gasteiger partial charge on any atom is -0.502 e. The van der Waals surface area contributed by atoms with Gasteiger partial charge in [0.2, 0.25) is 17.8 Å². The van der Waals surface area contributed by atoms with E-state index in [0.29, 0.717) is 35.5 Å². The van der Waals surface area contributed by atoms with E-state index in [-0.39, 0.29) is 60.3 Å². The Labute approximate surface area is 897 Å². The van der Waals surface area contributed by atoms with Crippen molar-refractivity contribution in [3.8, 4) is 34.9 Å². The molecule has 0 spiro atoms. The van der Waals surface area contributed by atoms with Crippen molar-refractivity contribution in [1.29, 1.82) is 0 Å². The summed E-state index contributed by atoms with van der Waals surface area (Å²) in [6, 6.07) is 135. The average molecular weight is 2440 g/mol. The Bertz CT molecular complexity index is 7300. The van der Waals surface area contributed by atoms with E-state index in [1.807, 2.05) is 165 Å². The molecule has 22 aromatic rings. The summed E-state index contributed by atoms with van der Waals surface area (Å²) in [6.45, 7) is 33.2. The molecule has 3 aliphatic heterocycles. The molecule has 0 saturated heterocycles. The fourth-order valence-electron chi connectivity index (χ4n) is 19.8. The van der Waals surface area contributed by atoms with Crippen molar-refractivity contribution in [2.24, 2.45) is 0 Å². The first-order valence-corrected chi connectivity index (χ1v) is 49.2. The van der Waals surface area contributed by atoms with Crippen LogP contribution in [0.1, 0.15) is 152 Å². The number of aromatic nitrogens is 11. The van der Waals surface area contributed by atoms with E-state index in [1.54, 1.807) is 6.20 Å². The SMILES string of the molecule is CC(C)c1cccc(C(C)C)c1-n1ccnc1-n1c2[c-]cccc2c2ccccc21.CC(C)c1cccc(C(C)C)c1-n1ccnc1-n1c2[c-]cccc2c2ccccc21.CC(C)c1cccc(C(C)C)c1-n1ccnc1-n1c2[c-]cccc2c2ccccc21.CN1[CH-]N(c2[c-]cccc2)c2cccnc21.CN1[CH-]N(c2[c-]cccc2)c2ncccc21.[Ir+3].[Ir+3].[Ir+3].[c-]1ccccc1N1[CH-]N(c2ccccc2)c2ccccc21. The molecule has 730 valence electrons. The molecule has 0 fully saturated rings. The Morgan fingerprint density at radius 1 is 0.233 bits per heavy atom. The maximum absolute atomic E-state index is 4.84. The van der Waals surface area contributed by atoms with Gasteiger partial charge in [-0.1, -0.05) is 239 Å². The van der Waals surface area contributed by atoms with Crippen molar-refractivity contribution in [2.75, 3.05) is 43.5 Å². The van der Waals surface area contributed by atoms with E-state index in [0.717, 1.165) is 96.7 Å². The van der Waals surface area contributed by atoms with Crippen LogP contribution in [0.3, 0.4) is 0 Å². The fourth-order valence-corrected chi connectivity index (χ4v) is 19.8. The first kappa shape index (κ1) is 103. The number of benzene rings is 14. The quantitative estimate of drug-likeness (QED) is 0.0862. The van der Waals surface area contributed by atoms with Crippen LogP contribution in [0, 0.1) is 56.4 Å². The molecule has 8 aromatic heterocycles. The number of fused-ring (bicyclic) bond motifs is 12. The number of para-hydroxylation sites is 15. The van der Waals surface area contributed by atoms with Gasteiger partial charge in [-0.2, -0.15) is 177 Å². The second-order valence-corrected chi connectivity index (χ2v) is 37.7. The summed E-state index contributed by atoms with van der Waals surface area (Å²) in [5, 5.41) is 7.26. The minimum atomic E-state index is 0. The number of hydrogen-bond donors (Lipinski definition) is 0. The largest absolute Gasteiger partial charge is 3.00 e. The van der Waals surface area contributed by atoms with Crippen LogP contribution in [0.15, 0.2) is 383 Å². The van der Waals surface area contributed by atoms with Crippen LogP contribution < -0.4 is 29.4 Å². The molecule has 0 saturated carbocycles. The summed E-state index contributed by atoms with van der Waals surface area (Å²) in [5.41, 5.74) is 27.2. The maximum atomic E-state index is 4.84. The summed E-state index contributed by atoms with van der Waals surface area (Å²) in [4.78, 5) is 35.8. The molecular formula is C126H114Ir3N17. The molecule has 11 heterocycles. The molecule has 3 aliphatic rings. The predicted octanol–water partition coefficient (Wildman–Crippen LogP) is 31.1. The Balaban J connectivity index is 0.000000121. The normalized spacial score (nSPS) is 12.4. The molecule has 25 rings (SSSR count). The summed E-state index contributed by atoms with van der Waals surface area (Å²) in [5.74, 6) is 7.12. The molecule has 0 amide bonds. The van der Waals surface area contributed by atoms with Gasteiger partial charge < -0.3 is 43.1 Å². The van der Waals surface area contributed by atoms with Crippen molar-refractivity contribution in [3.63, 3.8) is 0 Å². The number of nitrogens with zero attached hydrogens (tertiary/aromatic N) is 17. The standard InChI is InChI=1S/3C27H26N3.C19H14N2.2C13H11N3.3Ir/c3*1-18(2)20-12-9-13-21(19(3)4)26(20)29-17-16-28-27(29)30-24-14-7-5-10-22(24)23-11-6-8-15-25(23)30;1-3-9-16(10-4-1)20-15-21(17-11-5-2-6-12-17)19-14-8-7-13-18(19)20;1-15-10-16(11-6-3-2-4-7-11)12-8-5-9-14-13(12)15;1-15-10-16(11-6-3-2-4-7-11)13-12(15)8-5-9-14-13;;;/h3*5-14,16-19H,1-4H3;1-11,13-15H;2*2-6,8-10H,1H3;;;/q3*-1;3*-2;3*+3. The van der Waals surface area contributed by atoms with Crippen LogP contribution in [-0.2, 0) is 60.3 Å². The van der Waals surface area contributed by atoms with E-state index in [4.69, 9.17) is 15.0 Å². The number of pyridine rings is 2. The van der Waals surface area contributed by atoms with E-state index < -0.39 is 0 Å². The first-order valence-electron chi connectivity index (χ1n) is 49.2. The van der Waals surface area contributed by atoms with Crippen LogP contribution in [0.25, 0.3) is 100 Å². The number of rotatable bonds is 16. The average Bonchev–Trinajstić information content (AvgIpc) is 1.58. The second kappa shape index (κ2) is 45.6. The van der Waals surface area contributed by atoms with Crippen LogP contribution >= 0.6 is 0 Å². The van der Waals surface area contributed by atoms with Crippen molar-refractivity contribution in [2.45, 2.75) is 119 Å². The van der Waals surface area contributed by atoms with Crippen LogP contribution in [0.2, 0.25) is 0 Å². The van der Waals surface area contributed by atoms with Gasteiger partial charge in [-0.3, -0.25) is 13.7 Å². The van der Waals surface area contributed by atoms with E-state index >= 15 is 0 Å². The molecule has 20 heteroatoms. The third-order valence-corrected chi connectivity index (χ3v) is 26.5. The van der Waals surface area contributed by atoms with Crippen molar-refractivity contribution >= 4 is 123 Å². The Morgan fingerprint density at radius 3 is 0.904 bits per heavy atom. The molecule has 17 nitrogen and oxygen atoms in total. The summed E-state index contributed by atoms with van der Waals surface area (Å²) in [7, 11) is 4.01. The van der Waals surface area contributed by atoms with Gasteiger partial charge in [-0.05, 0) is 166 Å². The van der Waals surface area contributed by atoms with E-state index in [1.165, 1.54) is 94.1 Å². The molecular weight excluding hydrogens is 2330 g/mol. The van der Waals surface area contributed by atoms with Crippen molar-refractivity contribution in [3.05, 3.63) is 473 Å². The zero-order chi connectivity index (χ0) is 98.5. The van der Waals surface area contributed by atoms with Crippen LogP contribution in [-0.4, -0.2) is 66.4 Å². The van der Waals surface area contributed by atoms with Gasteiger partial charge in [0, 0.05) is 88.9 Å².